The monoisotopic (exact) mass is 571 g/mol. The number of hydrogen-bond donors (Lipinski definition) is 2. The average Bonchev–Trinajstić information content (AvgIpc) is 3.22. The number of rotatable bonds is 7. The number of nitrogens with one attached hydrogen (secondary N) is 2. The van der Waals surface area contributed by atoms with E-state index in [1.807, 2.05) is 0 Å². The zero-order chi connectivity index (χ0) is 25.5. The molecule has 0 saturated carbocycles. The maximum absolute atomic E-state index is 13.1. The molecule has 0 unspecified atom stereocenters. The molecule has 4 rings (SSSR count). The van der Waals surface area contributed by atoms with Crippen molar-refractivity contribution >= 4 is 78.4 Å². The van der Waals surface area contributed by atoms with Crippen LogP contribution in [0.25, 0.3) is 16.6 Å². The maximum Gasteiger partial charge on any atom is 0.333 e. The number of carbonyl (C=O) groups excluding carboxylic acids is 1. The van der Waals surface area contributed by atoms with Crippen LogP contribution in [0.15, 0.2) is 56.3 Å². The summed E-state index contributed by atoms with van der Waals surface area (Å²) in [4.78, 5) is 40.9. The lowest BCUT2D eigenvalue weighted by Crippen LogP contribution is -2.33. The van der Waals surface area contributed by atoms with E-state index in [1.165, 1.54) is 36.4 Å². The molecule has 182 valence electrons. The number of sulfone groups is 1. The van der Waals surface area contributed by atoms with E-state index >= 15 is 0 Å². The first-order chi connectivity index (χ1) is 16.5. The third kappa shape index (κ3) is 5.17. The number of nitrogens with zero attached hydrogens (tertiary/aromatic N) is 1. The minimum Gasteiger partial charge on any atom is -0.387 e. The fourth-order valence-corrected chi connectivity index (χ4v) is 6.87. The van der Waals surface area contributed by atoms with Gasteiger partial charge in [0.05, 0.1) is 36.7 Å². The van der Waals surface area contributed by atoms with Crippen LogP contribution in [0.4, 0.5) is 5.69 Å². The topological polar surface area (TPSA) is 118 Å². The first-order valence-corrected chi connectivity index (χ1v) is 13.6. The Morgan fingerprint density at radius 3 is 2.43 bits per heavy atom. The van der Waals surface area contributed by atoms with Crippen molar-refractivity contribution in [3.05, 3.63) is 83.2 Å². The number of Topliss-reactive ketones (excluding diaryl/α,β-unsaturated/α-hetero) is 1. The number of thiophene rings is 1. The summed E-state index contributed by atoms with van der Waals surface area (Å²) in [6, 6.07) is 10.1. The van der Waals surface area contributed by atoms with Crippen LogP contribution in [-0.2, 0) is 21.1 Å². The van der Waals surface area contributed by atoms with Crippen molar-refractivity contribution in [2.24, 2.45) is 0 Å². The molecule has 2 N–H and O–H groups in total. The second kappa shape index (κ2) is 9.79. The number of anilines is 1. The third-order valence-corrected chi connectivity index (χ3v) is 9.22. The van der Waals surface area contributed by atoms with Crippen molar-refractivity contribution in [2.75, 3.05) is 18.1 Å². The number of H-pyrrole nitrogens is 1. The van der Waals surface area contributed by atoms with Crippen LogP contribution >= 0.6 is 46.1 Å². The Labute approximate surface area is 218 Å². The Balaban J connectivity index is 1.64. The summed E-state index contributed by atoms with van der Waals surface area (Å²) in [6.07, 6.45) is -0.205. The minimum absolute atomic E-state index is 0.0149. The van der Waals surface area contributed by atoms with Crippen molar-refractivity contribution in [1.82, 2.24) is 9.55 Å². The standard InChI is InChI=1S/C22H16Cl3N3O5S2/c1-26-17-9-16-13(8-14(17)23)21(30)28(22(31)27-16)18-3-2-11(7-15(18)24)6-12(29)10-35(32,33)20-5-4-19(25)34-20/h2-5,7-9,26H,6,10H2,1H3,(H,27,31). The van der Waals surface area contributed by atoms with Gasteiger partial charge in [0.1, 0.15) is 9.96 Å². The molecule has 0 aliphatic heterocycles. The fraction of sp³-hybridized carbons (Fsp3) is 0.136. The summed E-state index contributed by atoms with van der Waals surface area (Å²) < 4.78 is 26.0. The summed E-state index contributed by atoms with van der Waals surface area (Å²) in [5.74, 6) is -1.24. The molecule has 35 heavy (non-hydrogen) atoms. The SMILES string of the molecule is CNc1cc2[nH]c(=O)n(-c3ccc(CC(=O)CS(=O)(=O)c4ccc(Cl)s4)cc3Cl)c(=O)c2cc1Cl. The van der Waals surface area contributed by atoms with Gasteiger partial charge in [-0.2, -0.15) is 0 Å². The van der Waals surface area contributed by atoms with Gasteiger partial charge in [-0.15, -0.1) is 11.3 Å². The Bertz CT molecular complexity index is 1710. The highest BCUT2D eigenvalue weighted by molar-refractivity contribution is 7.94. The van der Waals surface area contributed by atoms with Crippen molar-refractivity contribution in [3.8, 4) is 5.69 Å². The molecule has 13 heteroatoms. The summed E-state index contributed by atoms with van der Waals surface area (Å²) in [6.45, 7) is 0. The molecule has 4 aromatic rings. The Hall–Kier alpha value is -2.63. The molecule has 0 saturated heterocycles. The molecule has 0 amide bonds. The van der Waals surface area contributed by atoms with E-state index in [0.29, 0.717) is 26.1 Å². The summed E-state index contributed by atoms with van der Waals surface area (Å²) >= 11 is 19.2. The Kier molecular flexibility index (Phi) is 7.12. The minimum atomic E-state index is -3.82. The molecule has 0 aliphatic carbocycles. The number of aromatic nitrogens is 2. The largest absolute Gasteiger partial charge is 0.387 e. The van der Waals surface area contributed by atoms with Gasteiger partial charge < -0.3 is 10.3 Å². The summed E-state index contributed by atoms with van der Waals surface area (Å²) in [7, 11) is -2.16. The van der Waals surface area contributed by atoms with Gasteiger partial charge in [-0.1, -0.05) is 40.9 Å². The molecule has 2 aromatic heterocycles. The first-order valence-electron chi connectivity index (χ1n) is 9.95. The van der Waals surface area contributed by atoms with Gasteiger partial charge >= 0.3 is 5.69 Å². The van der Waals surface area contributed by atoms with Crippen LogP contribution in [0.1, 0.15) is 5.56 Å². The zero-order valence-corrected chi connectivity index (χ0v) is 21.8. The molecule has 0 bridgehead atoms. The predicted octanol–water partition coefficient (Wildman–Crippen LogP) is 4.33. The van der Waals surface area contributed by atoms with E-state index in [0.717, 1.165) is 15.9 Å². The third-order valence-electron chi connectivity index (χ3n) is 5.12. The molecular formula is C22H16Cl3N3O5S2. The summed E-state index contributed by atoms with van der Waals surface area (Å²) in [5, 5.41) is 3.39. The molecule has 2 aromatic carbocycles. The van der Waals surface area contributed by atoms with Gasteiger partial charge in [-0.3, -0.25) is 9.59 Å². The highest BCUT2D eigenvalue weighted by Crippen LogP contribution is 2.28. The number of ketones is 1. The zero-order valence-electron chi connectivity index (χ0n) is 17.9. The van der Waals surface area contributed by atoms with E-state index in [9.17, 15) is 22.8 Å². The van der Waals surface area contributed by atoms with Crippen LogP contribution in [0.3, 0.4) is 0 Å². The lowest BCUT2D eigenvalue weighted by atomic mass is 10.1. The van der Waals surface area contributed by atoms with Crippen LogP contribution in [0.5, 0.6) is 0 Å². The Morgan fingerprint density at radius 2 is 1.80 bits per heavy atom. The highest BCUT2D eigenvalue weighted by Gasteiger charge is 2.22. The normalized spacial score (nSPS) is 11.7. The van der Waals surface area contributed by atoms with E-state index < -0.39 is 32.6 Å². The molecule has 0 radical (unpaired) electrons. The smallest absolute Gasteiger partial charge is 0.333 e. The molecule has 0 atom stereocenters. The van der Waals surface area contributed by atoms with Crippen LogP contribution in [0, 0.1) is 0 Å². The van der Waals surface area contributed by atoms with Gasteiger partial charge in [0.2, 0.25) is 0 Å². The van der Waals surface area contributed by atoms with Gasteiger partial charge in [0.15, 0.2) is 15.6 Å². The van der Waals surface area contributed by atoms with Crippen molar-refractivity contribution < 1.29 is 13.2 Å². The van der Waals surface area contributed by atoms with E-state index in [2.05, 4.69) is 10.3 Å². The van der Waals surface area contributed by atoms with Gasteiger partial charge in [0, 0.05) is 13.5 Å². The van der Waals surface area contributed by atoms with Gasteiger partial charge in [-0.05, 0) is 42.0 Å². The lowest BCUT2D eigenvalue weighted by Gasteiger charge is -2.11. The van der Waals surface area contributed by atoms with Crippen LogP contribution in [0.2, 0.25) is 14.4 Å². The number of hydrogen-bond acceptors (Lipinski definition) is 7. The predicted molar refractivity (Wildman–Crippen MR) is 140 cm³/mol. The van der Waals surface area contributed by atoms with Gasteiger partial charge in [0.25, 0.3) is 5.56 Å². The quantitative estimate of drug-likeness (QED) is 0.340. The molecular weight excluding hydrogens is 557 g/mol. The fourth-order valence-electron chi connectivity index (χ4n) is 3.52. The lowest BCUT2D eigenvalue weighted by molar-refractivity contribution is -0.116. The van der Waals surface area contributed by atoms with E-state index in [1.54, 1.807) is 13.1 Å². The van der Waals surface area contributed by atoms with Crippen molar-refractivity contribution in [3.63, 3.8) is 0 Å². The number of carbonyl (C=O) groups is 1. The Morgan fingerprint density at radius 1 is 1.06 bits per heavy atom. The molecule has 0 aliphatic rings. The maximum atomic E-state index is 13.1. The van der Waals surface area contributed by atoms with E-state index in [-0.39, 0.29) is 26.7 Å². The first kappa shape index (κ1) is 25.5. The highest BCUT2D eigenvalue weighted by atomic mass is 35.5. The second-order valence-corrected chi connectivity index (χ2v) is 12.3. The number of aromatic amines is 1. The van der Waals surface area contributed by atoms with Crippen molar-refractivity contribution in [1.29, 1.82) is 0 Å². The number of halogens is 3. The number of fused-ring (bicyclic) bond motifs is 1. The average molecular weight is 573 g/mol. The molecule has 0 spiro atoms. The number of benzene rings is 2. The van der Waals surface area contributed by atoms with Crippen LogP contribution in [-0.4, -0.2) is 36.6 Å². The molecule has 8 nitrogen and oxygen atoms in total. The van der Waals surface area contributed by atoms with Gasteiger partial charge in [-0.25, -0.2) is 17.8 Å². The van der Waals surface area contributed by atoms with Crippen molar-refractivity contribution in [2.45, 2.75) is 10.6 Å². The molecule has 0 fully saturated rings. The van der Waals surface area contributed by atoms with Crippen LogP contribution < -0.4 is 16.6 Å². The second-order valence-electron chi connectivity index (χ2n) is 7.52. The van der Waals surface area contributed by atoms with E-state index in [4.69, 9.17) is 34.8 Å². The molecule has 2 heterocycles. The summed E-state index contributed by atoms with van der Waals surface area (Å²) in [5.41, 5.74) is 0.0404.